The normalized spacial score (nSPS) is 18.7. The molecule has 0 bridgehead atoms. The number of likely N-dealkylation sites (tertiary alicyclic amines) is 1. The second-order valence-electron chi connectivity index (χ2n) is 4.84. The zero-order chi connectivity index (χ0) is 11.5. The lowest BCUT2D eigenvalue weighted by Gasteiger charge is -2.35. The van der Waals surface area contributed by atoms with Crippen LogP contribution in [0, 0.1) is 6.92 Å². The molecule has 0 radical (unpaired) electrons. The fraction of sp³-hybridized carbons (Fsp3) is 0.615. The molecule has 16 heavy (non-hydrogen) atoms. The molecule has 0 aliphatic carbocycles. The summed E-state index contributed by atoms with van der Waals surface area (Å²) in [5.74, 6) is 1.11. The summed E-state index contributed by atoms with van der Waals surface area (Å²) >= 11 is 0. The number of nitrogens with zero attached hydrogens (tertiary/aromatic N) is 3. The molecule has 0 spiro atoms. The molecule has 1 aromatic rings. The van der Waals surface area contributed by atoms with Crippen LogP contribution in [0.3, 0.4) is 0 Å². The van der Waals surface area contributed by atoms with Gasteiger partial charge in [-0.1, -0.05) is 0 Å². The minimum atomic E-state index is 0.644. The molecule has 1 aliphatic rings. The number of piperidine rings is 1. The third-order valence-electron chi connectivity index (χ3n) is 3.50. The third kappa shape index (κ3) is 2.53. The highest BCUT2D eigenvalue weighted by molar-refractivity contribution is 5.40. The van der Waals surface area contributed by atoms with Crippen LogP contribution >= 0.6 is 0 Å². The Hall–Kier alpha value is -1.09. The van der Waals surface area contributed by atoms with Crippen molar-refractivity contribution in [2.75, 3.05) is 32.1 Å². The molecular formula is C13H21N3. The molecule has 88 valence electrons. The Bertz CT molecular complexity index is 343. The lowest BCUT2D eigenvalue weighted by molar-refractivity contribution is 0.252. The summed E-state index contributed by atoms with van der Waals surface area (Å²) < 4.78 is 0. The average molecular weight is 219 g/mol. The fourth-order valence-corrected chi connectivity index (χ4v) is 2.28. The number of rotatable bonds is 2. The zero-order valence-electron chi connectivity index (χ0n) is 10.5. The molecular weight excluding hydrogens is 198 g/mol. The summed E-state index contributed by atoms with van der Waals surface area (Å²) in [7, 11) is 4.36. The highest BCUT2D eigenvalue weighted by atomic mass is 15.2. The highest BCUT2D eigenvalue weighted by Crippen LogP contribution is 2.20. The van der Waals surface area contributed by atoms with E-state index < -0.39 is 0 Å². The first-order chi connectivity index (χ1) is 7.66. The van der Waals surface area contributed by atoms with Crippen molar-refractivity contribution in [1.29, 1.82) is 0 Å². The lowest BCUT2D eigenvalue weighted by Crippen LogP contribution is -2.42. The predicted octanol–water partition coefficient (Wildman–Crippen LogP) is 1.92. The molecule has 1 saturated heterocycles. The van der Waals surface area contributed by atoms with Crippen molar-refractivity contribution in [3.05, 3.63) is 23.9 Å². The third-order valence-corrected chi connectivity index (χ3v) is 3.50. The Labute approximate surface area is 98.1 Å². The van der Waals surface area contributed by atoms with E-state index in [1.54, 1.807) is 0 Å². The van der Waals surface area contributed by atoms with E-state index in [1.165, 1.54) is 31.5 Å². The van der Waals surface area contributed by atoms with Crippen molar-refractivity contribution < 1.29 is 0 Å². The van der Waals surface area contributed by atoms with E-state index in [4.69, 9.17) is 0 Å². The first-order valence-electron chi connectivity index (χ1n) is 6.01. The molecule has 2 rings (SSSR count). The smallest absolute Gasteiger partial charge is 0.128 e. The average Bonchev–Trinajstić information content (AvgIpc) is 2.29. The SMILES string of the molecule is Cc1ccnc(N(C)C2CCN(C)CC2)c1. The van der Waals surface area contributed by atoms with Crippen LogP contribution < -0.4 is 4.90 Å². The molecule has 0 aromatic carbocycles. The summed E-state index contributed by atoms with van der Waals surface area (Å²) in [4.78, 5) is 9.18. The zero-order valence-corrected chi connectivity index (χ0v) is 10.5. The van der Waals surface area contributed by atoms with Crippen LogP contribution in [-0.4, -0.2) is 43.1 Å². The van der Waals surface area contributed by atoms with Gasteiger partial charge < -0.3 is 9.80 Å². The maximum absolute atomic E-state index is 4.45. The van der Waals surface area contributed by atoms with Crippen molar-refractivity contribution in [2.45, 2.75) is 25.8 Å². The lowest BCUT2D eigenvalue weighted by atomic mass is 10.0. The second-order valence-corrected chi connectivity index (χ2v) is 4.84. The molecule has 1 aromatic heterocycles. The Balaban J connectivity index is 2.04. The van der Waals surface area contributed by atoms with Gasteiger partial charge in [0.2, 0.25) is 0 Å². The van der Waals surface area contributed by atoms with Gasteiger partial charge in [-0.2, -0.15) is 0 Å². The van der Waals surface area contributed by atoms with E-state index in [0.717, 1.165) is 5.82 Å². The number of aryl methyl sites for hydroxylation is 1. The first-order valence-corrected chi connectivity index (χ1v) is 6.01. The van der Waals surface area contributed by atoms with E-state index in [2.05, 4.69) is 41.9 Å². The molecule has 0 saturated carbocycles. The molecule has 0 atom stereocenters. The van der Waals surface area contributed by atoms with E-state index in [9.17, 15) is 0 Å². The van der Waals surface area contributed by atoms with Crippen LogP contribution in [0.1, 0.15) is 18.4 Å². The van der Waals surface area contributed by atoms with E-state index in [1.807, 2.05) is 12.3 Å². The van der Waals surface area contributed by atoms with Gasteiger partial charge in [0.1, 0.15) is 5.82 Å². The van der Waals surface area contributed by atoms with Crippen molar-refractivity contribution in [2.24, 2.45) is 0 Å². The van der Waals surface area contributed by atoms with E-state index in [0.29, 0.717) is 6.04 Å². The van der Waals surface area contributed by atoms with Gasteiger partial charge in [0.25, 0.3) is 0 Å². The predicted molar refractivity (Wildman–Crippen MR) is 67.9 cm³/mol. The van der Waals surface area contributed by atoms with E-state index in [-0.39, 0.29) is 0 Å². The topological polar surface area (TPSA) is 19.4 Å². The minimum absolute atomic E-state index is 0.644. The molecule has 2 heterocycles. The quantitative estimate of drug-likeness (QED) is 0.757. The standard InChI is InChI=1S/C13H21N3/c1-11-4-7-14-13(10-11)16(3)12-5-8-15(2)9-6-12/h4,7,10,12H,5-6,8-9H2,1-3H3. The Morgan fingerprint density at radius 1 is 1.38 bits per heavy atom. The largest absolute Gasteiger partial charge is 0.357 e. The van der Waals surface area contributed by atoms with Gasteiger partial charge in [-0.3, -0.25) is 0 Å². The van der Waals surface area contributed by atoms with Crippen LogP contribution in [0.5, 0.6) is 0 Å². The van der Waals surface area contributed by atoms with Crippen LogP contribution in [0.4, 0.5) is 5.82 Å². The maximum atomic E-state index is 4.45. The molecule has 0 amide bonds. The molecule has 1 fully saturated rings. The number of anilines is 1. The summed E-state index contributed by atoms with van der Waals surface area (Å²) in [5.41, 5.74) is 1.28. The van der Waals surface area contributed by atoms with Gasteiger partial charge >= 0.3 is 0 Å². The number of hydrogen-bond acceptors (Lipinski definition) is 3. The van der Waals surface area contributed by atoms with E-state index >= 15 is 0 Å². The van der Waals surface area contributed by atoms with Crippen LogP contribution in [0.2, 0.25) is 0 Å². The van der Waals surface area contributed by atoms with Gasteiger partial charge in [-0.05, 0) is 57.6 Å². The Kier molecular flexibility index (Phi) is 3.44. The number of hydrogen-bond donors (Lipinski definition) is 0. The molecule has 3 heteroatoms. The van der Waals surface area contributed by atoms with Crippen molar-refractivity contribution >= 4 is 5.82 Å². The van der Waals surface area contributed by atoms with Crippen molar-refractivity contribution in [1.82, 2.24) is 9.88 Å². The summed E-state index contributed by atoms with van der Waals surface area (Å²) in [6, 6.07) is 4.86. The van der Waals surface area contributed by atoms with Gasteiger partial charge in [0.05, 0.1) is 0 Å². The molecule has 0 unspecified atom stereocenters. The van der Waals surface area contributed by atoms with Crippen molar-refractivity contribution in [3.8, 4) is 0 Å². The van der Waals surface area contributed by atoms with Gasteiger partial charge in [-0.25, -0.2) is 4.98 Å². The van der Waals surface area contributed by atoms with Crippen LogP contribution in [0.25, 0.3) is 0 Å². The number of pyridine rings is 1. The Morgan fingerprint density at radius 2 is 2.06 bits per heavy atom. The Morgan fingerprint density at radius 3 is 2.69 bits per heavy atom. The summed E-state index contributed by atoms with van der Waals surface area (Å²) in [6.45, 7) is 4.51. The minimum Gasteiger partial charge on any atom is -0.357 e. The fourth-order valence-electron chi connectivity index (χ4n) is 2.28. The maximum Gasteiger partial charge on any atom is 0.128 e. The monoisotopic (exact) mass is 219 g/mol. The van der Waals surface area contributed by atoms with Gasteiger partial charge in [0.15, 0.2) is 0 Å². The second kappa shape index (κ2) is 4.83. The molecule has 1 aliphatic heterocycles. The number of aromatic nitrogens is 1. The highest BCUT2D eigenvalue weighted by Gasteiger charge is 2.21. The summed E-state index contributed by atoms with van der Waals surface area (Å²) in [6.07, 6.45) is 4.38. The summed E-state index contributed by atoms with van der Waals surface area (Å²) in [5, 5.41) is 0. The van der Waals surface area contributed by atoms with Gasteiger partial charge in [-0.15, -0.1) is 0 Å². The first kappa shape index (κ1) is 11.4. The van der Waals surface area contributed by atoms with Gasteiger partial charge in [0, 0.05) is 19.3 Å². The van der Waals surface area contributed by atoms with Crippen LogP contribution in [0.15, 0.2) is 18.3 Å². The molecule has 3 nitrogen and oxygen atoms in total. The molecule has 0 N–H and O–H groups in total. The van der Waals surface area contributed by atoms with Crippen molar-refractivity contribution in [3.63, 3.8) is 0 Å². The van der Waals surface area contributed by atoms with Crippen LogP contribution in [-0.2, 0) is 0 Å².